The van der Waals surface area contributed by atoms with Crippen LogP contribution in [0.25, 0.3) is 0 Å². The van der Waals surface area contributed by atoms with Crippen molar-refractivity contribution in [3.63, 3.8) is 0 Å². The maximum Gasteiger partial charge on any atom is 0.0295 e. The minimum atomic E-state index is 0.425. The van der Waals surface area contributed by atoms with E-state index in [9.17, 15) is 0 Å². The van der Waals surface area contributed by atoms with Crippen LogP contribution >= 0.6 is 11.8 Å². The van der Waals surface area contributed by atoms with E-state index in [2.05, 4.69) is 48.0 Å². The fourth-order valence-corrected chi connectivity index (χ4v) is 3.36. The van der Waals surface area contributed by atoms with Crippen molar-refractivity contribution >= 4 is 11.8 Å². The van der Waals surface area contributed by atoms with Gasteiger partial charge in [-0.25, -0.2) is 0 Å². The molecular formula is C13H20N2S. The lowest BCUT2D eigenvalue weighted by Crippen LogP contribution is -2.40. The lowest BCUT2D eigenvalue weighted by Gasteiger charge is -2.32. The quantitative estimate of drug-likeness (QED) is 0.873. The fourth-order valence-electron chi connectivity index (χ4n) is 2.21. The van der Waals surface area contributed by atoms with Crippen LogP contribution in [0.2, 0.25) is 0 Å². The molecule has 3 heteroatoms. The van der Waals surface area contributed by atoms with E-state index < -0.39 is 0 Å². The van der Waals surface area contributed by atoms with E-state index in [1.54, 1.807) is 0 Å². The summed E-state index contributed by atoms with van der Waals surface area (Å²) < 4.78 is 0. The van der Waals surface area contributed by atoms with Crippen LogP contribution in [-0.4, -0.2) is 22.0 Å². The molecule has 3 atom stereocenters. The maximum absolute atomic E-state index is 4.06. The zero-order valence-electron chi connectivity index (χ0n) is 10.0. The third kappa shape index (κ3) is 2.98. The zero-order valence-corrected chi connectivity index (χ0v) is 10.8. The lowest BCUT2D eigenvalue weighted by molar-refractivity contribution is 0.417. The van der Waals surface area contributed by atoms with Crippen molar-refractivity contribution in [2.24, 2.45) is 0 Å². The Kier molecular flexibility index (Phi) is 4.24. The first-order valence-electron chi connectivity index (χ1n) is 6.05. The number of nitrogens with zero attached hydrogens (tertiary/aromatic N) is 1. The van der Waals surface area contributed by atoms with Crippen molar-refractivity contribution in [2.45, 2.75) is 44.0 Å². The Morgan fingerprint density at radius 1 is 1.44 bits per heavy atom. The molecule has 2 unspecified atom stereocenters. The van der Waals surface area contributed by atoms with Crippen LogP contribution in [-0.2, 0) is 0 Å². The van der Waals surface area contributed by atoms with Gasteiger partial charge in [-0.15, -0.1) is 0 Å². The molecule has 1 aromatic heterocycles. The Balaban J connectivity index is 1.94. The molecule has 0 radical (unpaired) electrons. The summed E-state index contributed by atoms with van der Waals surface area (Å²) in [5.74, 6) is 1.32. The van der Waals surface area contributed by atoms with Gasteiger partial charge in [-0.1, -0.05) is 6.92 Å². The van der Waals surface area contributed by atoms with Gasteiger partial charge in [0, 0.05) is 29.7 Å². The standard InChI is InChI=1S/C13H20N2S/c1-10(12-5-7-14-8-6-12)15-13-4-3-9-16-11(13)2/h5-8,10-11,13,15H,3-4,9H2,1-2H3/t10-,11?,13?/m0/s1. The van der Waals surface area contributed by atoms with Crippen LogP contribution in [0, 0.1) is 0 Å². The average Bonchev–Trinajstić information content (AvgIpc) is 2.33. The highest BCUT2D eigenvalue weighted by atomic mass is 32.2. The average molecular weight is 236 g/mol. The van der Waals surface area contributed by atoms with Crippen LogP contribution < -0.4 is 5.32 Å². The highest BCUT2D eigenvalue weighted by Gasteiger charge is 2.23. The number of aromatic nitrogens is 1. The molecular weight excluding hydrogens is 216 g/mol. The molecule has 2 rings (SSSR count). The van der Waals surface area contributed by atoms with Gasteiger partial charge in [-0.3, -0.25) is 4.98 Å². The Bertz CT molecular complexity index is 315. The number of nitrogens with one attached hydrogen (secondary N) is 1. The van der Waals surface area contributed by atoms with Gasteiger partial charge >= 0.3 is 0 Å². The molecule has 0 aliphatic carbocycles. The van der Waals surface area contributed by atoms with Gasteiger partial charge in [0.2, 0.25) is 0 Å². The molecule has 1 N–H and O–H groups in total. The lowest BCUT2D eigenvalue weighted by atomic mass is 10.0. The number of pyridine rings is 1. The van der Waals surface area contributed by atoms with Gasteiger partial charge in [-0.05, 0) is 43.2 Å². The van der Waals surface area contributed by atoms with E-state index >= 15 is 0 Å². The van der Waals surface area contributed by atoms with E-state index in [1.165, 1.54) is 24.2 Å². The molecule has 0 saturated carbocycles. The number of hydrogen-bond acceptors (Lipinski definition) is 3. The maximum atomic E-state index is 4.06. The number of rotatable bonds is 3. The minimum absolute atomic E-state index is 0.425. The monoisotopic (exact) mass is 236 g/mol. The molecule has 1 aromatic rings. The molecule has 2 nitrogen and oxygen atoms in total. The van der Waals surface area contributed by atoms with Crippen molar-refractivity contribution in [2.75, 3.05) is 5.75 Å². The van der Waals surface area contributed by atoms with Gasteiger partial charge in [0.05, 0.1) is 0 Å². The van der Waals surface area contributed by atoms with Crippen LogP contribution in [0.4, 0.5) is 0 Å². The molecule has 1 saturated heterocycles. The topological polar surface area (TPSA) is 24.9 Å². The van der Waals surface area contributed by atoms with Gasteiger partial charge < -0.3 is 5.32 Å². The molecule has 1 fully saturated rings. The molecule has 0 amide bonds. The van der Waals surface area contributed by atoms with Crippen LogP contribution in [0.3, 0.4) is 0 Å². The summed E-state index contributed by atoms with van der Waals surface area (Å²) in [7, 11) is 0. The van der Waals surface area contributed by atoms with Gasteiger partial charge in [0.1, 0.15) is 0 Å². The van der Waals surface area contributed by atoms with Crippen molar-refractivity contribution in [1.29, 1.82) is 0 Å². The molecule has 2 heterocycles. The first-order valence-corrected chi connectivity index (χ1v) is 7.10. The molecule has 88 valence electrons. The van der Waals surface area contributed by atoms with Crippen molar-refractivity contribution < 1.29 is 0 Å². The van der Waals surface area contributed by atoms with Gasteiger partial charge in [-0.2, -0.15) is 11.8 Å². The predicted octanol–water partition coefficient (Wildman–Crippen LogP) is 3.02. The summed E-state index contributed by atoms with van der Waals surface area (Å²) in [6, 6.07) is 5.27. The third-order valence-corrected chi connectivity index (χ3v) is 4.66. The number of hydrogen-bond donors (Lipinski definition) is 1. The first-order chi connectivity index (χ1) is 7.77. The smallest absolute Gasteiger partial charge is 0.0295 e. The largest absolute Gasteiger partial charge is 0.306 e. The van der Waals surface area contributed by atoms with Crippen molar-refractivity contribution in [3.05, 3.63) is 30.1 Å². The molecule has 1 aliphatic heterocycles. The zero-order chi connectivity index (χ0) is 11.4. The number of thioether (sulfide) groups is 1. The van der Waals surface area contributed by atoms with Gasteiger partial charge in [0.15, 0.2) is 0 Å². The first kappa shape index (κ1) is 11.9. The van der Waals surface area contributed by atoms with Crippen LogP contribution in [0.15, 0.2) is 24.5 Å². The predicted molar refractivity (Wildman–Crippen MR) is 70.7 cm³/mol. The SMILES string of the molecule is CC1SCCCC1N[C@@H](C)c1ccncc1. The molecule has 0 bridgehead atoms. The summed E-state index contributed by atoms with van der Waals surface area (Å²) in [4.78, 5) is 4.06. The van der Waals surface area contributed by atoms with E-state index in [4.69, 9.17) is 0 Å². The van der Waals surface area contributed by atoms with E-state index in [1.807, 2.05) is 12.4 Å². The van der Waals surface area contributed by atoms with Crippen molar-refractivity contribution in [3.8, 4) is 0 Å². The molecule has 0 aromatic carbocycles. The summed E-state index contributed by atoms with van der Waals surface area (Å²) in [5.41, 5.74) is 1.33. The van der Waals surface area contributed by atoms with Crippen LogP contribution in [0.1, 0.15) is 38.3 Å². The Hall–Kier alpha value is -0.540. The van der Waals surface area contributed by atoms with Gasteiger partial charge in [0.25, 0.3) is 0 Å². The van der Waals surface area contributed by atoms with Crippen LogP contribution in [0.5, 0.6) is 0 Å². The third-order valence-electron chi connectivity index (χ3n) is 3.28. The second-order valence-corrected chi connectivity index (χ2v) is 5.98. The van der Waals surface area contributed by atoms with E-state index in [0.717, 1.165) is 5.25 Å². The van der Waals surface area contributed by atoms with Crippen molar-refractivity contribution in [1.82, 2.24) is 10.3 Å². The fraction of sp³-hybridized carbons (Fsp3) is 0.615. The molecule has 16 heavy (non-hydrogen) atoms. The summed E-state index contributed by atoms with van der Waals surface area (Å²) in [6.45, 7) is 4.57. The molecule has 1 aliphatic rings. The Labute approximate surface area is 102 Å². The summed E-state index contributed by atoms with van der Waals surface area (Å²) in [5, 5.41) is 4.47. The minimum Gasteiger partial charge on any atom is -0.306 e. The summed E-state index contributed by atoms with van der Waals surface area (Å²) >= 11 is 2.09. The highest BCUT2D eigenvalue weighted by molar-refractivity contribution is 7.99. The van der Waals surface area contributed by atoms with E-state index in [-0.39, 0.29) is 0 Å². The summed E-state index contributed by atoms with van der Waals surface area (Å²) in [6.07, 6.45) is 6.39. The highest BCUT2D eigenvalue weighted by Crippen LogP contribution is 2.26. The van der Waals surface area contributed by atoms with E-state index in [0.29, 0.717) is 12.1 Å². The normalized spacial score (nSPS) is 27.6. The second kappa shape index (κ2) is 5.69. The Morgan fingerprint density at radius 3 is 2.88 bits per heavy atom. The Morgan fingerprint density at radius 2 is 2.19 bits per heavy atom. The molecule has 0 spiro atoms. The second-order valence-electron chi connectivity index (χ2n) is 4.49.